The van der Waals surface area contributed by atoms with Crippen molar-refractivity contribution in [3.63, 3.8) is 0 Å². The van der Waals surface area contributed by atoms with Crippen LogP contribution in [0.4, 0.5) is 13.2 Å². The molecule has 0 radical (unpaired) electrons. The zero-order valence-corrected chi connectivity index (χ0v) is 32.5. The number of halogens is 5. The summed E-state index contributed by atoms with van der Waals surface area (Å²) in [7, 11) is 0. The van der Waals surface area contributed by atoms with E-state index in [-0.39, 0.29) is 30.8 Å². The predicted octanol–water partition coefficient (Wildman–Crippen LogP) is 9.98. The number of rotatable bonds is 14. The summed E-state index contributed by atoms with van der Waals surface area (Å²) in [6, 6.07) is 27.7. The molecule has 1 saturated heterocycles. The van der Waals surface area contributed by atoms with Crippen molar-refractivity contribution in [1.82, 2.24) is 14.8 Å². The largest absolute Gasteiger partial charge is 0.490 e. The normalized spacial score (nSPS) is 13.3. The minimum Gasteiger partial charge on any atom is -0.490 e. The Bertz CT molecular complexity index is 2030. The van der Waals surface area contributed by atoms with Crippen molar-refractivity contribution in [3.8, 4) is 28.9 Å². The van der Waals surface area contributed by atoms with Crippen molar-refractivity contribution < 1.29 is 36.9 Å². The van der Waals surface area contributed by atoms with Gasteiger partial charge in [-0.05, 0) is 96.8 Å². The van der Waals surface area contributed by atoms with Crippen molar-refractivity contribution in [2.24, 2.45) is 0 Å². The van der Waals surface area contributed by atoms with Crippen molar-refractivity contribution in [1.29, 1.82) is 0 Å². The highest BCUT2D eigenvalue weighted by molar-refractivity contribution is 6.32. The zero-order chi connectivity index (χ0) is 38.8. The first-order chi connectivity index (χ1) is 26.5. The first-order valence-corrected chi connectivity index (χ1v) is 18.2. The Kier molecular flexibility index (Phi) is 14.7. The summed E-state index contributed by atoms with van der Waals surface area (Å²) in [6.07, 6.45) is 0.388. The van der Waals surface area contributed by atoms with E-state index in [9.17, 15) is 18.0 Å². The van der Waals surface area contributed by atoms with Gasteiger partial charge in [0.2, 0.25) is 11.8 Å². The Morgan fingerprint density at radius 2 is 1.39 bits per heavy atom. The van der Waals surface area contributed by atoms with Gasteiger partial charge in [-0.1, -0.05) is 53.6 Å². The molecule has 0 unspecified atom stereocenters. The summed E-state index contributed by atoms with van der Waals surface area (Å²) < 4.78 is 61.6. The quantitative estimate of drug-likeness (QED) is 0.0817. The monoisotopic (exact) mass is 807 g/mol. The second kappa shape index (κ2) is 19.6. The Labute approximate surface area is 335 Å². The number of aromatic nitrogens is 1. The lowest BCUT2D eigenvalue weighted by Gasteiger charge is -2.34. The van der Waals surface area contributed by atoms with Gasteiger partial charge in [-0.3, -0.25) is 9.69 Å². The molecule has 0 saturated carbocycles. The number of carbonyl (C=O) groups excluding carboxylic acids is 1. The first-order valence-electron chi connectivity index (χ1n) is 17.8. The predicted molar refractivity (Wildman–Crippen MR) is 213 cm³/mol. The lowest BCUT2D eigenvalue weighted by atomic mass is 10.1. The highest BCUT2D eigenvalue weighted by Gasteiger charge is 2.30. The number of alkyl halides is 3. The van der Waals surface area contributed by atoms with Crippen molar-refractivity contribution in [3.05, 3.63) is 148 Å². The number of aryl methyl sites for hydroxylation is 2. The van der Waals surface area contributed by atoms with E-state index in [4.69, 9.17) is 30.5 Å². The van der Waals surface area contributed by atoms with Gasteiger partial charge in [0.25, 0.3) is 0 Å². The van der Waals surface area contributed by atoms with Gasteiger partial charge in [-0.15, -0.1) is 12.4 Å². The van der Waals surface area contributed by atoms with Crippen LogP contribution in [-0.2, 0) is 24.1 Å². The van der Waals surface area contributed by atoms with Crippen LogP contribution in [-0.4, -0.2) is 60.1 Å². The van der Waals surface area contributed by atoms with Gasteiger partial charge >= 0.3 is 6.18 Å². The Morgan fingerprint density at radius 1 is 0.786 bits per heavy atom. The lowest BCUT2D eigenvalue weighted by molar-refractivity contribution is -0.137. The third-order valence-corrected chi connectivity index (χ3v) is 9.21. The van der Waals surface area contributed by atoms with Gasteiger partial charge in [0.05, 0.1) is 16.8 Å². The summed E-state index contributed by atoms with van der Waals surface area (Å²) in [5.74, 6) is 2.70. The molecule has 0 N–H and O–H groups in total. The number of nitrogens with zero attached hydrogens (tertiary/aromatic N) is 3. The molecule has 1 fully saturated rings. The molecular formula is C43H42Cl2F3N3O5. The third kappa shape index (κ3) is 12.1. The molecule has 294 valence electrons. The van der Waals surface area contributed by atoms with Crippen LogP contribution in [0.1, 0.15) is 33.4 Å². The molecule has 6 rings (SSSR count). The van der Waals surface area contributed by atoms with E-state index in [0.29, 0.717) is 48.4 Å². The van der Waals surface area contributed by atoms with Gasteiger partial charge in [-0.25, -0.2) is 4.98 Å². The molecular weight excluding hydrogens is 766 g/mol. The van der Waals surface area contributed by atoms with Gasteiger partial charge in [-0.2, -0.15) is 13.2 Å². The van der Waals surface area contributed by atoms with Crippen LogP contribution in [0.15, 0.2) is 109 Å². The summed E-state index contributed by atoms with van der Waals surface area (Å²) in [5, 5.41) is 0.358. The van der Waals surface area contributed by atoms with Crippen molar-refractivity contribution in [2.75, 3.05) is 39.4 Å². The molecule has 5 aromatic rings. The lowest BCUT2D eigenvalue weighted by Crippen LogP contribution is -2.47. The topological polar surface area (TPSA) is 73.4 Å². The first kappa shape index (κ1) is 41.9. The van der Waals surface area contributed by atoms with E-state index in [1.54, 1.807) is 30.4 Å². The number of amides is 1. The number of carbonyl (C=O) groups is 1. The zero-order valence-electron chi connectivity index (χ0n) is 30.9. The number of ether oxygens (including phenoxy) is 4. The number of piperazine rings is 1. The third-order valence-electron chi connectivity index (χ3n) is 8.93. The fourth-order valence-corrected chi connectivity index (χ4v) is 6.17. The summed E-state index contributed by atoms with van der Waals surface area (Å²) in [6.45, 7) is 8.49. The number of hydrogen-bond acceptors (Lipinski definition) is 7. The highest BCUT2D eigenvalue weighted by Crippen LogP contribution is 2.34. The van der Waals surface area contributed by atoms with Crippen LogP contribution in [0.3, 0.4) is 0 Å². The van der Waals surface area contributed by atoms with E-state index < -0.39 is 11.7 Å². The minimum absolute atomic E-state index is 0. The summed E-state index contributed by atoms with van der Waals surface area (Å²) in [5.41, 5.74) is 3.76. The molecule has 2 heterocycles. The average Bonchev–Trinajstić information content (AvgIpc) is 3.18. The fraction of sp³-hybridized carbons (Fsp3) is 0.256. The van der Waals surface area contributed by atoms with E-state index in [1.807, 2.05) is 61.2 Å². The van der Waals surface area contributed by atoms with E-state index in [0.717, 1.165) is 54.4 Å². The van der Waals surface area contributed by atoms with Crippen LogP contribution in [0.2, 0.25) is 5.02 Å². The number of benzene rings is 4. The molecule has 1 aromatic heterocycles. The highest BCUT2D eigenvalue weighted by atomic mass is 35.5. The number of hydrogen-bond donors (Lipinski definition) is 0. The molecule has 1 amide bonds. The maximum atomic E-state index is 13.0. The van der Waals surface area contributed by atoms with Crippen LogP contribution in [0.25, 0.3) is 6.08 Å². The van der Waals surface area contributed by atoms with Gasteiger partial charge in [0.1, 0.15) is 37.1 Å². The van der Waals surface area contributed by atoms with Gasteiger partial charge < -0.3 is 23.8 Å². The maximum absolute atomic E-state index is 13.0. The van der Waals surface area contributed by atoms with Crippen LogP contribution < -0.4 is 18.9 Å². The average molecular weight is 809 g/mol. The number of pyridine rings is 1. The van der Waals surface area contributed by atoms with E-state index >= 15 is 0 Å². The molecule has 0 spiro atoms. The van der Waals surface area contributed by atoms with E-state index in [2.05, 4.69) is 22.0 Å². The molecule has 0 aliphatic carbocycles. The summed E-state index contributed by atoms with van der Waals surface area (Å²) in [4.78, 5) is 21.5. The SMILES string of the molecule is Cc1ccc(OCCOc2ccc(CN3CCN(C(=O)C=Cc4cc(C)c(Oc5ccc(OCc6ccc(C(F)(F)F)cc6)cn5)c(Cl)c4)CC3)cc2)cc1.Cl. The fourth-order valence-electron chi connectivity index (χ4n) is 5.86. The van der Waals surface area contributed by atoms with Crippen LogP contribution in [0, 0.1) is 13.8 Å². The molecule has 1 aliphatic rings. The van der Waals surface area contributed by atoms with Crippen molar-refractivity contribution >= 4 is 36.0 Å². The Hall–Kier alpha value is -5.23. The second-order valence-electron chi connectivity index (χ2n) is 13.2. The second-order valence-corrected chi connectivity index (χ2v) is 13.6. The molecule has 1 aliphatic heterocycles. The molecule has 0 atom stereocenters. The minimum atomic E-state index is -4.39. The molecule has 56 heavy (non-hydrogen) atoms. The van der Waals surface area contributed by atoms with Crippen LogP contribution >= 0.6 is 24.0 Å². The van der Waals surface area contributed by atoms with Gasteiger partial charge in [0.15, 0.2) is 5.75 Å². The molecule has 4 aromatic carbocycles. The standard InChI is InChI=1S/C43H41ClF3N3O5.ClH/c1-30-3-12-36(13-4-30)52-23-24-53-37-14-7-32(8-15-37)28-49-19-21-50(22-20-49)41(51)18-9-34-25-31(2)42(39(44)26-34)55-40-17-16-38(27-48-40)54-29-33-5-10-35(11-6-33)43(45,46)47;/h3-18,25-27H,19-24,28-29H2,1-2H3;1H. The summed E-state index contributed by atoms with van der Waals surface area (Å²) >= 11 is 6.59. The van der Waals surface area contributed by atoms with Crippen LogP contribution in [0.5, 0.6) is 28.9 Å². The Morgan fingerprint density at radius 3 is 1.98 bits per heavy atom. The smallest absolute Gasteiger partial charge is 0.416 e. The van der Waals surface area contributed by atoms with Gasteiger partial charge in [0, 0.05) is 44.9 Å². The van der Waals surface area contributed by atoms with E-state index in [1.165, 1.54) is 29.5 Å². The Balaban J connectivity index is 0.00000600. The molecule has 8 nitrogen and oxygen atoms in total. The molecule has 13 heteroatoms. The van der Waals surface area contributed by atoms with Crippen molar-refractivity contribution in [2.45, 2.75) is 33.2 Å². The molecule has 0 bridgehead atoms. The maximum Gasteiger partial charge on any atom is 0.416 e.